The van der Waals surface area contributed by atoms with E-state index in [1.165, 1.54) is 0 Å². The molecule has 2 N–H and O–H groups in total. The maximum atomic E-state index is 10.6. The molecule has 3 heterocycles. The fourth-order valence-electron chi connectivity index (χ4n) is 4.06. The van der Waals surface area contributed by atoms with Gasteiger partial charge in [-0.25, -0.2) is 4.99 Å². The molecular formula is C23H25N5O2. The Labute approximate surface area is 175 Å². The van der Waals surface area contributed by atoms with Gasteiger partial charge in [0, 0.05) is 49.2 Å². The van der Waals surface area contributed by atoms with Crippen LogP contribution in [0, 0.1) is 0 Å². The molecule has 154 valence electrons. The van der Waals surface area contributed by atoms with E-state index in [0.717, 1.165) is 54.9 Å². The van der Waals surface area contributed by atoms with E-state index in [4.69, 9.17) is 9.83 Å². The van der Waals surface area contributed by atoms with Crippen molar-refractivity contribution in [1.29, 1.82) is 0 Å². The van der Waals surface area contributed by atoms with E-state index in [9.17, 15) is 5.11 Å². The zero-order chi connectivity index (χ0) is 20.5. The first-order valence-corrected chi connectivity index (χ1v) is 10.3. The Morgan fingerprint density at radius 1 is 1.07 bits per heavy atom. The fraction of sp³-hybridized carbons (Fsp3) is 0.304. The first kappa shape index (κ1) is 18.8. The van der Waals surface area contributed by atoms with E-state index < -0.39 is 0 Å². The highest BCUT2D eigenvalue weighted by Gasteiger charge is 2.29. The van der Waals surface area contributed by atoms with E-state index in [0.29, 0.717) is 23.6 Å². The van der Waals surface area contributed by atoms with E-state index in [1.54, 1.807) is 0 Å². The van der Waals surface area contributed by atoms with E-state index in [2.05, 4.69) is 27.0 Å². The Morgan fingerprint density at radius 2 is 1.83 bits per heavy atom. The predicted octanol–water partition coefficient (Wildman–Crippen LogP) is 2.98. The molecule has 30 heavy (non-hydrogen) atoms. The molecule has 0 atom stereocenters. The number of aliphatic imine (C=N–C) groups is 1. The summed E-state index contributed by atoms with van der Waals surface area (Å²) in [6.45, 7) is 5.63. The van der Waals surface area contributed by atoms with Gasteiger partial charge in [-0.05, 0) is 19.2 Å². The molecule has 5 rings (SSSR count). The summed E-state index contributed by atoms with van der Waals surface area (Å²) in [7, 11) is 2.15. The molecule has 0 aliphatic carbocycles. The van der Waals surface area contributed by atoms with Crippen molar-refractivity contribution in [3.63, 3.8) is 0 Å². The monoisotopic (exact) mass is 403 g/mol. The number of H-pyrrole nitrogens is 1. The van der Waals surface area contributed by atoms with Crippen LogP contribution in [0.2, 0.25) is 0 Å². The number of hydrogen-bond donors (Lipinski definition) is 2. The quantitative estimate of drug-likeness (QED) is 0.507. The Bertz CT molecular complexity index is 1130. The molecule has 0 unspecified atom stereocenters. The van der Waals surface area contributed by atoms with Crippen molar-refractivity contribution in [2.45, 2.75) is 0 Å². The average molecular weight is 403 g/mol. The summed E-state index contributed by atoms with van der Waals surface area (Å²) in [6.07, 6.45) is 0. The van der Waals surface area contributed by atoms with Crippen LogP contribution in [0.25, 0.3) is 10.9 Å². The number of oxime groups is 1. The third-order valence-corrected chi connectivity index (χ3v) is 5.79. The molecule has 2 aromatic carbocycles. The van der Waals surface area contributed by atoms with E-state index >= 15 is 0 Å². The van der Waals surface area contributed by atoms with Crippen molar-refractivity contribution < 1.29 is 9.94 Å². The van der Waals surface area contributed by atoms with Crippen LogP contribution in [0.3, 0.4) is 0 Å². The Hall–Kier alpha value is -3.16. The van der Waals surface area contributed by atoms with Crippen LogP contribution in [-0.2, 0) is 4.84 Å². The minimum absolute atomic E-state index is 0.0906. The molecule has 3 aromatic rings. The normalized spacial score (nSPS) is 18.7. The first-order valence-electron chi connectivity index (χ1n) is 10.3. The summed E-state index contributed by atoms with van der Waals surface area (Å²) in [6, 6.07) is 15.6. The molecule has 1 fully saturated rings. The van der Waals surface area contributed by atoms with Gasteiger partial charge in [0.05, 0.1) is 11.3 Å². The standard InChI is InChI=1S/C23H25N5O2/c1-27-10-12-28(13-11-27)14-15-30-26-21-17-7-3-5-9-19(17)24-22(21)20-16-6-2-4-8-18(16)25-23(20)29/h2-9,25,29H,10-15H2,1H3. The smallest absolute Gasteiger partial charge is 0.199 e. The second kappa shape index (κ2) is 7.93. The van der Waals surface area contributed by atoms with Gasteiger partial charge in [0.2, 0.25) is 0 Å². The van der Waals surface area contributed by atoms with Crippen LogP contribution >= 0.6 is 0 Å². The topological polar surface area (TPSA) is 76.5 Å². The summed E-state index contributed by atoms with van der Waals surface area (Å²) in [4.78, 5) is 18.3. The van der Waals surface area contributed by atoms with Crippen molar-refractivity contribution in [1.82, 2.24) is 14.8 Å². The van der Waals surface area contributed by atoms with Gasteiger partial charge in [-0.3, -0.25) is 4.90 Å². The number of likely N-dealkylation sites (N-methyl/N-ethyl adjacent to an activating group) is 1. The maximum absolute atomic E-state index is 10.6. The second-order valence-corrected chi connectivity index (χ2v) is 7.79. The molecule has 7 nitrogen and oxygen atoms in total. The number of para-hydroxylation sites is 2. The lowest BCUT2D eigenvalue weighted by Gasteiger charge is -2.31. The second-order valence-electron chi connectivity index (χ2n) is 7.79. The fourth-order valence-corrected chi connectivity index (χ4v) is 4.06. The van der Waals surface area contributed by atoms with Crippen LogP contribution in [0.5, 0.6) is 5.88 Å². The Kier molecular flexibility index (Phi) is 4.98. The molecular weight excluding hydrogens is 378 g/mol. The lowest BCUT2D eigenvalue weighted by molar-refractivity contribution is 0.0864. The van der Waals surface area contributed by atoms with Crippen LogP contribution in [0.15, 0.2) is 58.7 Å². The molecule has 0 spiro atoms. The highest BCUT2D eigenvalue weighted by molar-refractivity contribution is 6.58. The predicted molar refractivity (Wildman–Crippen MR) is 119 cm³/mol. The number of hydrogen-bond acceptors (Lipinski definition) is 6. The van der Waals surface area contributed by atoms with Gasteiger partial charge in [0.25, 0.3) is 0 Å². The molecule has 2 aliphatic rings. The molecule has 1 aromatic heterocycles. The molecule has 0 bridgehead atoms. The average Bonchev–Trinajstić information content (AvgIpc) is 3.28. The van der Waals surface area contributed by atoms with Gasteiger partial charge in [0.15, 0.2) is 5.88 Å². The van der Waals surface area contributed by atoms with Gasteiger partial charge in [0.1, 0.15) is 18.0 Å². The number of nitrogens with zero attached hydrogens (tertiary/aromatic N) is 4. The summed E-state index contributed by atoms with van der Waals surface area (Å²) in [5.74, 6) is 0.0906. The lowest BCUT2D eigenvalue weighted by atomic mass is 10.0. The number of nitrogens with one attached hydrogen (secondary N) is 1. The van der Waals surface area contributed by atoms with Gasteiger partial charge in [-0.1, -0.05) is 41.6 Å². The number of aromatic nitrogens is 1. The number of aromatic amines is 1. The Balaban J connectivity index is 1.41. The molecule has 1 saturated heterocycles. The van der Waals surface area contributed by atoms with Gasteiger partial charge >= 0.3 is 0 Å². The highest BCUT2D eigenvalue weighted by Crippen LogP contribution is 2.35. The minimum Gasteiger partial charge on any atom is -0.494 e. The number of piperazine rings is 1. The van der Waals surface area contributed by atoms with Crippen LogP contribution in [-0.4, -0.2) is 77.7 Å². The number of fused-ring (bicyclic) bond motifs is 2. The van der Waals surface area contributed by atoms with Crippen molar-refractivity contribution in [2.75, 3.05) is 46.4 Å². The number of rotatable bonds is 5. The van der Waals surface area contributed by atoms with Crippen LogP contribution < -0.4 is 0 Å². The third-order valence-electron chi connectivity index (χ3n) is 5.79. The maximum Gasteiger partial charge on any atom is 0.199 e. The number of aromatic hydroxyl groups is 1. The molecule has 0 amide bonds. The molecule has 0 saturated carbocycles. The van der Waals surface area contributed by atoms with Crippen LogP contribution in [0.4, 0.5) is 5.69 Å². The van der Waals surface area contributed by atoms with Crippen molar-refractivity contribution in [3.8, 4) is 5.88 Å². The van der Waals surface area contributed by atoms with Crippen molar-refractivity contribution in [3.05, 3.63) is 59.7 Å². The third kappa shape index (κ3) is 3.46. The van der Waals surface area contributed by atoms with E-state index in [1.807, 2.05) is 48.5 Å². The van der Waals surface area contributed by atoms with Gasteiger partial charge < -0.3 is 19.8 Å². The molecule has 2 aliphatic heterocycles. The highest BCUT2D eigenvalue weighted by atomic mass is 16.6. The minimum atomic E-state index is 0.0906. The zero-order valence-corrected chi connectivity index (χ0v) is 17.0. The summed E-state index contributed by atoms with van der Waals surface area (Å²) < 4.78 is 0. The van der Waals surface area contributed by atoms with Gasteiger partial charge in [-0.15, -0.1) is 0 Å². The van der Waals surface area contributed by atoms with E-state index in [-0.39, 0.29) is 5.88 Å². The van der Waals surface area contributed by atoms with Gasteiger partial charge in [-0.2, -0.15) is 0 Å². The van der Waals surface area contributed by atoms with Crippen LogP contribution in [0.1, 0.15) is 11.1 Å². The lowest BCUT2D eigenvalue weighted by Crippen LogP contribution is -2.45. The van der Waals surface area contributed by atoms with Crippen molar-refractivity contribution in [2.24, 2.45) is 10.1 Å². The number of benzene rings is 2. The first-order chi connectivity index (χ1) is 14.7. The summed E-state index contributed by atoms with van der Waals surface area (Å²) in [5.41, 5.74) is 4.55. The van der Waals surface area contributed by atoms with Crippen molar-refractivity contribution >= 4 is 28.0 Å². The largest absolute Gasteiger partial charge is 0.494 e. The summed E-state index contributed by atoms with van der Waals surface area (Å²) in [5, 5.41) is 16.0. The SMILES string of the molecule is CN1CCN(CCON=C2C(c3c(O)[nH]c4ccccc34)=Nc3ccccc32)CC1. The molecule has 0 radical (unpaired) electrons. The zero-order valence-electron chi connectivity index (χ0n) is 17.0. The summed E-state index contributed by atoms with van der Waals surface area (Å²) >= 11 is 0. The molecule has 7 heteroatoms. The Morgan fingerprint density at radius 3 is 2.70 bits per heavy atom.